The summed E-state index contributed by atoms with van der Waals surface area (Å²) in [6.07, 6.45) is 1.60. The maximum absolute atomic E-state index is 11.1. The van der Waals surface area contributed by atoms with Crippen molar-refractivity contribution in [1.82, 2.24) is 4.90 Å². The zero-order chi connectivity index (χ0) is 8.97. The van der Waals surface area contributed by atoms with Gasteiger partial charge in [0.1, 0.15) is 6.61 Å². The smallest absolute Gasteiger partial charge is 0.410 e. The molecule has 12 heavy (non-hydrogen) atoms. The van der Waals surface area contributed by atoms with E-state index in [4.69, 9.17) is 16.3 Å². The molecule has 1 fully saturated rings. The Morgan fingerprint density at radius 1 is 1.75 bits per heavy atom. The summed E-state index contributed by atoms with van der Waals surface area (Å²) in [6.45, 7) is 3.32. The normalized spacial score (nSPS) is 23.0. The molecule has 0 bridgehead atoms. The molecule has 0 radical (unpaired) electrons. The first kappa shape index (κ1) is 9.65. The summed E-state index contributed by atoms with van der Waals surface area (Å²) in [6, 6.07) is 0.265. The number of nitrogens with zero attached hydrogens (tertiary/aromatic N) is 1. The van der Waals surface area contributed by atoms with E-state index in [1.54, 1.807) is 4.90 Å². The van der Waals surface area contributed by atoms with E-state index in [1.165, 1.54) is 0 Å². The summed E-state index contributed by atoms with van der Waals surface area (Å²) < 4.78 is 4.91. The van der Waals surface area contributed by atoms with Crippen molar-refractivity contribution in [3.05, 3.63) is 0 Å². The third-order valence-electron chi connectivity index (χ3n) is 2.08. The van der Waals surface area contributed by atoms with E-state index in [-0.39, 0.29) is 12.1 Å². The Morgan fingerprint density at radius 2 is 2.50 bits per heavy atom. The number of halogens is 1. The summed E-state index contributed by atoms with van der Waals surface area (Å²) >= 11 is 5.54. The van der Waals surface area contributed by atoms with Crippen LogP contribution in [0, 0.1) is 0 Å². The fourth-order valence-corrected chi connectivity index (χ4v) is 1.45. The predicted octanol–water partition coefficient (Wildman–Crippen LogP) is 1.85. The van der Waals surface area contributed by atoms with Crippen LogP contribution in [0.1, 0.15) is 19.8 Å². The molecule has 3 nitrogen and oxygen atoms in total. The molecule has 1 aliphatic heterocycles. The Labute approximate surface area is 77.6 Å². The molecule has 0 unspecified atom stereocenters. The number of carbonyl (C=O) groups is 1. The third kappa shape index (κ3) is 2.03. The van der Waals surface area contributed by atoms with Crippen LogP contribution in [-0.4, -0.2) is 36.1 Å². The Bertz CT molecular complexity index is 163. The number of carbonyl (C=O) groups excluding carboxylic acids is 1. The van der Waals surface area contributed by atoms with Gasteiger partial charge in [-0.15, -0.1) is 11.6 Å². The quantitative estimate of drug-likeness (QED) is 0.635. The second-order valence-electron chi connectivity index (χ2n) is 2.87. The van der Waals surface area contributed by atoms with Gasteiger partial charge in [-0.25, -0.2) is 4.79 Å². The molecule has 0 aromatic rings. The van der Waals surface area contributed by atoms with Crippen molar-refractivity contribution in [3.63, 3.8) is 0 Å². The Balaban J connectivity index is 2.40. The molecule has 4 heteroatoms. The maximum atomic E-state index is 11.1. The van der Waals surface area contributed by atoms with Crippen molar-refractivity contribution in [2.45, 2.75) is 25.8 Å². The average Bonchev–Trinajstić information content (AvgIpc) is 2.43. The number of hydrogen-bond acceptors (Lipinski definition) is 2. The highest BCUT2D eigenvalue weighted by atomic mass is 35.5. The van der Waals surface area contributed by atoms with E-state index in [1.807, 2.05) is 0 Å². The van der Waals surface area contributed by atoms with E-state index in [9.17, 15) is 4.79 Å². The van der Waals surface area contributed by atoms with E-state index < -0.39 is 0 Å². The van der Waals surface area contributed by atoms with Crippen molar-refractivity contribution < 1.29 is 9.53 Å². The molecule has 0 aliphatic carbocycles. The summed E-state index contributed by atoms with van der Waals surface area (Å²) in [5.41, 5.74) is 0. The minimum atomic E-state index is -0.188. The number of ether oxygens (including phenoxy) is 1. The molecule has 1 amide bonds. The second kappa shape index (κ2) is 4.55. The van der Waals surface area contributed by atoms with Crippen LogP contribution in [0.2, 0.25) is 0 Å². The first-order chi connectivity index (χ1) is 5.79. The van der Waals surface area contributed by atoms with Gasteiger partial charge in [-0.2, -0.15) is 0 Å². The zero-order valence-electron chi connectivity index (χ0n) is 7.25. The zero-order valence-corrected chi connectivity index (χ0v) is 8.01. The van der Waals surface area contributed by atoms with Crippen molar-refractivity contribution in [3.8, 4) is 0 Å². The van der Waals surface area contributed by atoms with Crippen molar-refractivity contribution in [2.24, 2.45) is 0 Å². The molecule has 0 aromatic heterocycles. The summed E-state index contributed by atoms with van der Waals surface area (Å²) in [5, 5.41) is 0. The van der Waals surface area contributed by atoms with Gasteiger partial charge in [0, 0.05) is 12.4 Å². The van der Waals surface area contributed by atoms with Gasteiger partial charge in [0.15, 0.2) is 0 Å². The van der Waals surface area contributed by atoms with Gasteiger partial charge in [0.2, 0.25) is 0 Å². The number of rotatable bonds is 4. The largest absolute Gasteiger partial charge is 0.447 e. The maximum Gasteiger partial charge on any atom is 0.410 e. The van der Waals surface area contributed by atoms with Crippen LogP contribution in [0.4, 0.5) is 4.79 Å². The monoisotopic (exact) mass is 191 g/mol. The highest BCUT2D eigenvalue weighted by Crippen LogP contribution is 2.15. The van der Waals surface area contributed by atoms with Gasteiger partial charge in [-0.05, 0) is 12.8 Å². The van der Waals surface area contributed by atoms with Gasteiger partial charge in [-0.1, -0.05) is 6.92 Å². The summed E-state index contributed by atoms with van der Waals surface area (Å²) in [5.74, 6) is 0.597. The molecule has 0 N–H and O–H groups in total. The van der Waals surface area contributed by atoms with Gasteiger partial charge in [0.25, 0.3) is 0 Å². The molecule has 0 spiro atoms. The van der Waals surface area contributed by atoms with Gasteiger partial charge >= 0.3 is 6.09 Å². The Hall–Kier alpha value is -0.440. The molecule has 1 heterocycles. The van der Waals surface area contributed by atoms with Crippen molar-refractivity contribution >= 4 is 17.7 Å². The molecule has 0 saturated carbocycles. The minimum absolute atomic E-state index is 0.188. The SMILES string of the molecule is CC[C@H]1COC(=O)N1CCCCl. The molecule has 1 rings (SSSR count). The molecular formula is C8H14ClNO2. The van der Waals surface area contributed by atoms with Gasteiger partial charge < -0.3 is 9.64 Å². The van der Waals surface area contributed by atoms with Crippen LogP contribution in [0.25, 0.3) is 0 Å². The Kier molecular flexibility index (Phi) is 3.66. The number of cyclic esters (lactones) is 1. The number of hydrogen-bond donors (Lipinski definition) is 0. The first-order valence-corrected chi connectivity index (χ1v) is 4.82. The molecular weight excluding hydrogens is 178 g/mol. The highest BCUT2D eigenvalue weighted by molar-refractivity contribution is 6.17. The first-order valence-electron chi connectivity index (χ1n) is 4.29. The van der Waals surface area contributed by atoms with E-state index in [0.29, 0.717) is 12.5 Å². The summed E-state index contributed by atoms with van der Waals surface area (Å²) in [4.78, 5) is 12.9. The number of amides is 1. The van der Waals surface area contributed by atoms with Gasteiger partial charge in [0.05, 0.1) is 6.04 Å². The van der Waals surface area contributed by atoms with E-state index in [0.717, 1.165) is 19.4 Å². The standard InChI is InChI=1S/C8H14ClNO2/c1-2-7-6-12-8(11)10(7)5-3-4-9/h7H,2-6H2,1H3/t7-/m0/s1. The summed E-state index contributed by atoms with van der Waals surface area (Å²) in [7, 11) is 0. The van der Waals surface area contributed by atoms with E-state index in [2.05, 4.69) is 6.92 Å². The minimum Gasteiger partial charge on any atom is -0.447 e. The second-order valence-corrected chi connectivity index (χ2v) is 3.25. The molecule has 1 saturated heterocycles. The van der Waals surface area contributed by atoms with Crippen LogP contribution < -0.4 is 0 Å². The van der Waals surface area contributed by atoms with Crippen molar-refractivity contribution in [1.29, 1.82) is 0 Å². The predicted molar refractivity (Wildman–Crippen MR) is 47.5 cm³/mol. The topological polar surface area (TPSA) is 29.5 Å². The molecule has 1 atom stereocenters. The lowest BCUT2D eigenvalue weighted by molar-refractivity contribution is 0.157. The van der Waals surface area contributed by atoms with Gasteiger partial charge in [-0.3, -0.25) is 0 Å². The molecule has 0 aromatic carbocycles. The number of alkyl halides is 1. The fraction of sp³-hybridized carbons (Fsp3) is 0.875. The lowest BCUT2D eigenvalue weighted by Crippen LogP contribution is -2.33. The molecule has 1 aliphatic rings. The molecule has 70 valence electrons. The van der Waals surface area contributed by atoms with E-state index >= 15 is 0 Å². The van der Waals surface area contributed by atoms with Crippen LogP contribution in [0.15, 0.2) is 0 Å². The lowest BCUT2D eigenvalue weighted by Gasteiger charge is -2.18. The van der Waals surface area contributed by atoms with Crippen LogP contribution in [0.5, 0.6) is 0 Å². The van der Waals surface area contributed by atoms with Crippen LogP contribution >= 0.6 is 11.6 Å². The third-order valence-corrected chi connectivity index (χ3v) is 2.35. The highest BCUT2D eigenvalue weighted by Gasteiger charge is 2.30. The Morgan fingerprint density at radius 3 is 3.08 bits per heavy atom. The van der Waals surface area contributed by atoms with Crippen LogP contribution in [-0.2, 0) is 4.74 Å². The average molecular weight is 192 g/mol. The fourth-order valence-electron chi connectivity index (χ4n) is 1.33. The van der Waals surface area contributed by atoms with Crippen molar-refractivity contribution in [2.75, 3.05) is 19.0 Å². The van der Waals surface area contributed by atoms with Crippen LogP contribution in [0.3, 0.4) is 0 Å². The lowest BCUT2D eigenvalue weighted by atomic mass is 10.2.